The van der Waals surface area contributed by atoms with Crippen molar-refractivity contribution in [1.82, 2.24) is 5.16 Å². The largest absolute Gasteiger partial charge is 0.573 e. The molecule has 0 aliphatic carbocycles. The van der Waals surface area contributed by atoms with E-state index in [0.29, 0.717) is 18.0 Å². The Hall–Kier alpha value is -2.85. The van der Waals surface area contributed by atoms with Crippen LogP contribution in [0, 0.1) is 0 Å². The number of rotatable bonds is 7. The van der Waals surface area contributed by atoms with Crippen LogP contribution in [0.2, 0.25) is 0 Å². The maximum absolute atomic E-state index is 12.1. The number of benzene rings is 1. The number of aromatic nitrogens is 1. The minimum absolute atomic E-state index is 0.155. The van der Waals surface area contributed by atoms with Crippen LogP contribution < -0.4 is 15.0 Å². The van der Waals surface area contributed by atoms with Crippen molar-refractivity contribution in [3.63, 3.8) is 0 Å². The van der Waals surface area contributed by atoms with E-state index in [0.717, 1.165) is 27.6 Å². The van der Waals surface area contributed by atoms with Crippen LogP contribution in [-0.2, 0) is 11.3 Å². The highest BCUT2D eigenvalue weighted by atomic mass is 32.1. The third kappa shape index (κ3) is 5.83. The molecule has 0 radical (unpaired) electrons. The summed E-state index contributed by atoms with van der Waals surface area (Å²) in [5.41, 5.74) is 1.11. The van der Waals surface area contributed by atoms with Gasteiger partial charge in [-0.1, -0.05) is 11.2 Å². The van der Waals surface area contributed by atoms with Crippen LogP contribution in [0.15, 0.2) is 52.4 Å². The minimum Gasteiger partial charge on any atom is -0.406 e. The van der Waals surface area contributed by atoms with E-state index in [9.17, 15) is 18.0 Å². The third-order valence-corrected chi connectivity index (χ3v) is 4.52. The summed E-state index contributed by atoms with van der Waals surface area (Å²) in [6.45, 7) is 0.642. The van der Waals surface area contributed by atoms with Gasteiger partial charge in [0.05, 0.1) is 11.9 Å². The number of ether oxygens (including phenoxy) is 1. The summed E-state index contributed by atoms with van der Waals surface area (Å²) in [6.07, 6.45) is -4.75. The van der Waals surface area contributed by atoms with Crippen molar-refractivity contribution in [2.45, 2.75) is 12.9 Å². The molecule has 1 unspecified atom stereocenters. The van der Waals surface area contributed by atoms with Gasteiger partial charge in [-0.3, -0.25) is 4.79 Å². The second kappa shape index (κ2) is 8.44. The van der Waals surface area contributed by atoms with Crippen LogP contribution in [-0.4, -0.2) is 31.0 Å². The quantitative estimate of drug-likeness (QED) is 0.626. The van der Waals surface area contributed by atoms with E-state index in [2.05, 4.69) is 15.2 Å². The van der Waals surface area contributed by atoms with Gasteiger partial charge in [-0.2, -0.15) is 0 Å². The molecule has 1 aromatic carbocycles. The fourth-order valence-electron chi connectivity index (χ4n) is 2.52. The molecular weight excluding hydrogens is 395 g/mol. The molecule has 1 amide bonds. The van der Waals surface area contributed by atoms with Crippen molar-refractivity contribution < 1.29 is 32.1 Å². The first-order chi connectivity index (χ1) is 13.3. The topological polar surface area (TPSA) is 68.8 Å². The van der Waals surface area contributed by atoms with E-state index in [1.54, 1.807) is 11.3 Å². The molecule has 148 valence electrons. The Kier molecular flexibility index (Phi) is 6.00. The van der Waals surface area contributed by atoms with Gasteiger partial charge in [0.15, 0.2) is 12.3 Å². The number of thiophene rings is 1. The highest BCUT2D eigenvalue weighted by Crippen LogP contribution is 2.25. The second-order valence-electron chi connectivity index (χ2n) is 6.09. The number of carbonyl (C=O) groups excluding carboxylic acids is 1. The zero-order valence-corrected chi connectivity index (χ0v) is 15.6. The van der Waals surface area contributed by atoms with E-state index < -0.39 is 6.36 Å². The van der Waals surface area contributed by atoms with Crippen molar-refractivity contribution in [1.29, 1.82) is 0 Å². The van der Waals surface area contributed by atoms with E-state index in [4.69, 9.17) is 4.52 Å². The molecule has 0 spiro atoms. The first kappa shape index (κ1) is 19.9. The predicted molar refractivity (Wildman–Crippen MR) is 97.0 cm³/mol. The molecule has 28 heavy (non-hydrogen) atoms. The summed E-state index contributed by atoms with van der Waals surface area (Å²) in [5, 5.41) is 8.60. The molecule has 0 saturated heterocycles. The SMILES string of the molecule is C[NH+](CC(=O)Nc1ccc(OC(F)(F)F)cc1)Cc1cc(-c2cccs2)on1. The zero-order chi connectivity index (χ0) is 20.1. The molecule has 0 saturated carbocycles. The molecule has 6 nitrogen and oxygen atoms in total. The number of hydrogen-bond acceptors (Lipinski definition) is 5. The number of hydrogen-bond donors (Lipinski definition) is 2. The highest BCUT2D eigenvalue weighted by Gasteiger charge is 2.31. The van der Waals surface area contributed by atoms with Crippen LogP contribution >= 0.6 is 11.3 Å². The Morgan fingerprint density at radius 1 is 1.29 bits per heavy atom. The Bertz CT molecular complexity index is 908. The summed E-state index contributed by atoms with van der Waals surface area (Å²) >= 11 is 1.55. The molecule has 10 heteroatoms. The monoisotopic (exact) mass is 412 g/mol. The molecule has 0 bridgehead atoms. The first-order valence-electron chi connectivity index (χ1n) is 8.25. The predicted octanol–water partition coefficient (Wildman–Crippen LogP) is 2.96. The van der Waals surface area contributed by atoms with E-state index in [1.807, 2.05) is 30.6 Å². The zero-order valence-electron chi connectivity index (χ0n) is 14.7. The van der Waals surface area contributed by atoms with Crippen LogP contribution in [0.5, 0.6) is 5.75 Å². The second-order valence-corrected chi connectivity index (χ2v) is 7.04. The molecule has 0 aliphatic heterocycles. The number of quaternary nitrogens is 1. The van der Waals surface area contributed by atoms with Crippen LogP contribution in [0.1, 0.15) is 5.69 Å². The Morgan fingerprint density at radius 2 is 2.04 bits per heavy atom. The van der Waals surface area contributed by atoms with Gasteiger partial charge in [-0.05, 0) is 35.7 Å². The molecular formula is C18H17F3N3O3S+. The Labute approximate surface area is 162 Å². The number of carbonyl (C=O) groups is 1. The molecule has 2 N–H and O–H groups in total. The van der Waals surface area contributed by atoms with Crippen molar-refractivity contribution in [3.8, 4) is 16.4 Å². The number of likely N-dealkylation sites (N-methyl/N-ethyl adjacent to an activating group) is 1. The van der Waals surface area contributed by atoms with Gasteiger partial charge in [0, 0.05) is 11.8 Å². The Balaban J connectivity index is 1.49. The molecule has 2 aromatic heterocycles. The number of alkyl halides is 3. The smallest absolute Gasteiger partial charge is 0.406 e. The van der Waals surface area contributed by atoms with Crippen LogP contribution in [0.3, 0.4) is 0 Å². The van der Waals surface area contributed by atoms with Gasteiger partial charge in [0.25, 0.3) is 5.91 Å². The van der Waals surface area contributed by atoms with Crippen molar-refractivity contribution >= 4 is 22.9 Å². The van der Waals surface area contributed by atoms with Gasteiger partial charge >= 0.3 is 6.36 Å². The van der Waals surface area contributed by atoms with Crippen LogP contribution in [0.4, 0.5) is 18.9 Å². The molecule has 0 fully saturated rings. The fraction of sp³-hybridized carbons (Fsp3) is 0.222. The van der Waals surface area contributed by atoms with E-state index in [1.165, 1.54) is 12.1 Å². The van der Waals surface area contributed by atoms with E-state index in [-0.39, 0.29) is 18.2 Å². The van der Waals surface area contributed by atoms with Crippen LogP contribution in [0.25, 0.3) is 10.6 Å². The Morgan fingerprint density at radius 3 is 2.68 bits per heavy atom. The maximum Gasteiger partial charge on any atom is 0.573 e. The summed E-state index contributed by atoms with van der Waals surface area (Å²) in [6, 6.07) is 10.7. The van der Waals surface area contributed by atoms with Gasteiger partial charge in [0.1, 0.15) is 18.0 Å². The number of anilines is 1. The lowest BCUT2D eigenvalue weighted by Crippen LogP contribution is -3.08. The van der Waals surface area contributed by atoms with E-state index >= 15 is 0 Å². The van der Waals surface area contributed by atoms with Gasteiger partial charge < -0.3 is 19.5 Å². The summed E-state index contributed by atoms with van der Waals surface area (Å²) in [7, 11) is 1.83. The average molecular weight is 412 g/mol. The maximum atomic E-state index is 12.1. The average Bonchev–Trinajstić information content (AvgIpc) is 3.26. The van der Waals surface area contributed by atoms with Crippen molar-refractivity contribution in [2.24, 2.45) is 0 Å². The lowest BCUT2D eigenvalue weighted by molar-refractivity contribution is -0.885. The minimum atomic E-state index is -4.75. The first-order valence-corrected chi connectivity index (χ1v) is 9.13. The van der Waals surface area contributed by atoms with Crippen molar-refractivity contribution in [3.05, 3.63) is 53.5 Å². The normalized spacial score (nSPS) is 12.6. The highest BCUT2D eigenvalue weighted by molar-refractivity contribution is 7.13. The summed E-state index contributed by atoms with van der Waals surface area (Å²) < 4.78 is 45.5. The standard InChI is InChI=1S/C18H16F3N3O3S/c1-24(10-13-9-15(27-23-13)16-3-2-8-28-16)11-17(25)22-12-4-6-14(7-5-12)26-18(19,20)21/h2-9H,10-11H2,1H3,(H,22,25)/p+1. The summed E-state index contributed by atoms with van der Waals surface area (Å²) in [4.78, 5) is 14.0. The lowest BCUT2D eigenvalue weighted by atomic mass is 10.3. The van der Waals surface area contributed by atoms with Crippen molar-refractivity contribution in [2.75, 3.05) is 18.9 Å². The number of amides is 1. The molecule has 0 aliphatic rings. The lowest BCUT2D eigenvalue weighted by Gasteiger charge is -2.13. The molecule has 3 aromatic rings. The molecule has 3 rings (SSSR count). The van der Waals surface area contributed by atoms with Gasteiger partial charge in [0.2, 0.25) is 0 Å². The molecule has 1 atom stereocenters. The number of nitrogens with zero attached hydrogens (tertiary/aromatic N) is 1. The fourth-order valence-corrected chi connectivity index (χ4v) is 3.19. The number of halogens is 3. The molecule has 2 heterocycles. The summed E-state index contributed by atoms with van der Waals surface area (Å²) in [5.74, 6) is 0.0631. The third-order valence-electron chi connectivity index (χ3n) is 3.64. The van der Waals surface area contributed by atoms with Gasteiger partial charge in [-0.25, -0.2) is 0 Å². The number of nitrogens with one attached hydrogen (secondary N) is 2. The van der Waals surface area contributed by atoms with Gasteiger partial charge in [-0.15, -0.1) is 24.5 Å².